The molecule has 120 valence electrons. The van der Waals surface area contributed by atoms with Crippen LogP contribution in [0.4, 0.5) is 0 Å². The zero-order chi connectivity index (χ0) is 15.8. The predicted molar refractivity (Wildman–Crippen MR) is 87.2 cm³/mol. The number of methoxy groups -OCH3 is 1. The summed E-state index contributed by atoms with van der Waals surface area (Å²) >= 11 is 0. The number of rotatable bonds is 9. The van der Waals surface area contributed by atoms with Crippen LogP contribution in [0, 0.1) is 5.92 Å². The van der Waals surface area contributed by atoms with Crippen molar-refractivity contribution in [3.05, 3.63) is 47.9 Å². The summed E-state index contributed by atoms with van der Waals surface area (Å²) in [6.07, 6.45) is 2.72. The Kier molecular flexibility index (Phi) is 6.34. The number of benzene rings is 1. The van der Waals surface area contributed by atoms with Crippen molar-refractivity contribution < 1.29 is 13.9 Å². The van der Waals surface area contributed by atoms with E-state index in [1.165, 1.54) is 0 Å². The fourth-order valence-electron chi connectivity index (χ4n) is 2.09. The molecular weight excluding hydrogens is 278 g/mol. The molecule has 2 aromatic rings. The highest BCUT2D eigenvalue weighted by molar-refractivity contribution is 5.42. The minimum atomic E-state index is 0.635. The molecule has 0 aliphatic heterocycles. The molecule has 0 fully saturated rings. The minimum Gasteiger partial charge on any atom is -0.493 e. The van der Waals surface area contributed by atoms with Gasteiger partial charge in [0, 0.05) is 6.54 Å². The van der Waals surface area contributed by atoms with E-state index in [9.17, 15) is 0 Å². The zero-order valence-electron chi connectivity index (χ0n) is 13.6. The van der Waals surface area contributed by atoms with Crippen molar-refractivity contribution in [2.75, 3.05) is 13.7 Å². The zero-order valence-corrected chi connectivity index (χ0v) is 13.6. The van der Waals surface area contributed by atoms with E-state index in [-0.39, 0.29) is 0 Å². The molecule has 0 aliphatic rings. The molecule has 22 heavy (non-hydrogen) atoms. The number of furan rings is 1. The van der Waals surface area contributed by atoms with Crippen LogP contribution in [-0.4, -0.2) is 13.7 Å². The molecule has 4 heteroatoms. The highest BCUT2D eigenvalue weighted by Gasteiger charge is 2.06. The Morgan fingerprint density at radius 2 is 2.00 bits per heavy atom. The van der Waals surface area contributed by atoms with Gasteiger partial charge in [0.1, 0.15) is 5.76 Å². The van der Waals surface area contributed by atoms with Gasteiger partial charge >= 0.3 is 0 Å². The fraction of sp³-hybridized carbons (Fsp3) is 0.444. The van der Waals surface area contributed by atoms with E-state index in [1.54, 1.807) is 13.4 Å². The first-order chi connectivity index (χ1) is 10.7. The van der Waals surface area contributed by atoms with Crippen LogP contribution in [0.1, 0.15) is 31.6 Å². The number of hydrogen-bond donors (Lipinski definition) is 1. The Bertz CT molecular complexity index is 549. The summed E-state index contributed by atoms with van der Waals surface area (Å²) in [5.74, 6) is 3.15. The molecular formula is C18H25NO3. The van der Waals surface area contributed by atoms with E-state index in [0.717, 1.165) is 35.8 Å². The largest absolute Gasteiger partial charge is 0.493 e. The second kappa shape index (κ2) is 8.49. The van der Waals surface area contributed by atoms with Crippen LogP contribution >= 0.6 is 0 Å². The molecule has 0 bridgehead atoms. The Labute approximate surface area is 132 Å². The molecule has 1 aromatic heterocycles. The second-order valence-electron chi connectivity index (χ2n) is 5.70. The van der Waals surface area contributed by atoms with E-state index < -0.39 is 0 Å². The summed E-state index contributed by atoms with van der Waals surface area (Å²) in [7, 11) is 1.67. The molecule has 0 radical (unpaired) electrons. The molecule has 1 N–H and O–H groups in total. The predicted octanol–water partition coefficient (Wildman–Crippen LogP) is 4.00. The van der Waals surface area contributed by atoms with Crippen molar-refractivity contribution in [1.82, 2.24) is 5.32 Å². The van der Waals surface area contributed by atoms with Gasteiger partial charge in [-0.2, -0.15) is 0 Å². The van der Waals surface area contributed by atoms with E-state index in [0.29, 0.717) is 19.1 Å². The van der Waals surface area contributed by atoms with E-state index >= 15 is 0 Å². The summed E-state index contributed by atoms with van der Waals surface area (Å²) in [5, 5.41) is 3.34. The Morgan fingerprint density at radius 3 is 2.68 bits per heavy atom. The molecule has 0 amide bonds. The first kappa shape index (κ1) is 16.4. The van der Waals surface area contributed by atoms with Gasteiger partial charge in [0.15, 0.2) is 11.5 Å². The third kappa shape index (κ3) is 5.11. The molecule has 1 aromatic carbocycles. The second-order valence-corrected chi connectivity index (χ2v) is 5.70. The van der Waals surface area contributed by atoms with Crippen LogP contribution in [0.5, 0.6) is 11.5 Å². The van der Waals surface area contributed by atoms with Crippen LogP contribution in [0.3, 0.4) is 0 Å². The third-order valence-corrected chi connectivity index (χ3v) is 3.39. The van der Waals surface area contributed by atoms with E-state index in [2.05, 4.69) is 25.2 Å². The number of ether oxygens (including phenoxy) is 2. The van der Waals surface area contributed by atoms with Gasteiger partial charge in [0.05, 0.1) is 26.5 Å². The van der Waals surface area contributed by atoms with Gasteiger partial charge in [-0.25, -0.2) is 0 Å². The lowest BCUT2D eigenvalue weighted by Crippen LogP contribution is -2.12. The summed E-state index contributed by atoms with van der Waals surface area (Å²) in [6.45, 7) is 6.55. The molecule has 0 atom stereocenters. The van der Waals surface area contributed by atoms with Gasteiger partial charge in [0.25, 0.3) is 0 Å². The Balaban J connectivity index is 1.87. The highest BCUT2D eigenvalue weighted by Crippen LogP contribution is 2.28. The molecule has 0 saturated heterocycles. The summed E-state index contributed by atoms with van der Waals surface area (Å²) in [4.78, 5) is 0. The van der Waals surface area contributed by atoms with Gasteiger partial charge in [0.2, 0.25) is 0 Å². The van der Waals surface area contributed by atoms with Crippen molar-refractivity contribution in [2.24, 2.45) is 5.92 Å². The van der Waals surface area contributed by atoms with Crippen LogP contribution in [0.15, 0.2) is 41.0 Å². The van der Waals surface area contributed by atoms with Crippen LogP contribution < -0.4 is 14.8 Å². The number of hydrogen-bond acceptors (Lipinski definition) is 4. The topological polar surface area (TPSA) is 43.6 Å². The Hall–Kier alpha value is -1.94. The monoisotopic (exact) mass is 303 g/mol. The molecule has 0 aliphatic carbocycles. The van der Waals surface area contributed by atoms with E-state index in [4.69, 9.17) is 13.9 Å². The summed E-state index contributed by atoms with van der Waals surface area (Å²) < 4.78 is 16.5. The molecule has 2 rings (SSSR count). The Morgan fingerprint density at radius 1 is 1.14 bits per heavy atom. The average Bonchev–Trinajstić information content (AvgIpc) is 3.01. The van der Waals surface area contributed by atoms with Crippen LogP contribution in [-0.2, 0) is 13.1 Å². The van der Waals surface area contributed by atoms with E-state index in [1.807, 2.05) is 24.3 Å². The highest BCUT2D eigenvalue weighted by atomic mass is 16.5. The van der Waals surface area contributed by atoms with Gasteiger partial charge in [-0.1, -0.05) is 19.9 Å². The van der Waals surface area contributed by atoms with Crippen molar-refractivity contribution in [1.29, 1.82) is 0 Å². The molecule has 0 saturated carbocycles. The molecule has 1 heterocycles. The van der Waals surface area contributed by atoms with Gasteiger partial charge in [-0.3, -0.25) is 0 Å². The standard InChI is InChI=1S/C18H25NO3/c1-14(2)8-10-22-17-7-6-15(11-18(17)20-3)12-19-13-16-5-4-9-21-16/h4-7,9,11,14,19H,8,10,12-13H2,1-3H3. The first-order valence-electron chi connectivity index (χ1n) is 7.72. The lowest BCUT2D eigenvalue weighted by Gasteiger charge is -2.13. The maximum Gasteiger partial charge on any atom is 0.161 e. The van der Waals surface area contributed by atoms with Crippen molar-refractivity contribution >= 4 is 0 Å². The third-order valence-electron chi connectivity index (χ3n) is 3.39. The van der Waals surface area contributed by atoms with Crippen molar-refractivity contribution in [3.8, 4) is 11.5 Å². The molecule has 0 spiro atoms. The van der Waals surface area contributed by atoms with Crippen molar-refractivity contribution in [2.45, 2.75) is 33.4 Å². The van der Waals surface area contributed by atoms with Crippen molar-refractivity contribution in [3.63, 3.8) is 0 Å². The quantitative estimate of drug-likeness (QED) is 0.760. The normalized spacial score (nSPS) is 10.9. The fourth-order valence-corrected chi connectivity index (χ4v) is 2.09. The minimum absolute atomic E-state index is 0.635. The smallest absolute Gasteiger partial charge is 0.161 e. The van der Waals surface area contributed by atoms with Gasteiger partial charge in [-0.05, 0) is 42.2 Å². The maximum atomic E-state index is 5.80. The summed E-state index contributed by atoms with van der Waals surface area (Å²) in [6, 6.07) is 9.90. The van der Waals surface area contributed by atoms with Gasteiger partial charge in [-0.15, -0.1) is 0 Å². The summed E-state index contributed by atoms with van der Waals surface area (Å²) in [5.41, 5.74) is 1.15. The number of nitrogens with one attached hydrogen (secondary N) is 1. The van der Waals surface area contributed by atoms with Crippen LogP contribution in [0.25, 0.3) is 0 Å². The van der Waals surface area contributed by atoms with Gasteiger partial charge < -0.3 is 19.2 Å². The maximum absolute atomic E-state index is 5.80. The SMILES string of the molecule is COc1cc(CNCc2ccco2)ccc1OCCC(C)C. The van der Waals surface area contributed by atoms with Crippen LogP contribution in [0.2, 0.25) is 0 Å². The first-order valence-corrected chi connectivity index (χ1v) is 7.72. The molecule has 4 nitrogen and oxygen atoms in total. The lowest BCUT2D eigenvalue weighted by molar-refractivity contribution is 0.273. The average molecular weight is 303 g/mol. The molecule has 0 unspecified atom stereocenters. The lowest BCUT2D eigenvalue weighted by atomic mass is 10.1.